The first-order chi connectivity index (χ1) is 9.84. The van der Waals surface area contributed by atoms with Crippen molar-refractivity contribution in [3.63, 3.8) is 0 Å². The fraction of sp³-hybridized carbons (Fsp3) is 0.529. The van der Waals surface area contributed by atoms with Crippen molar-refractivity contribution in [1.82, 2.24) is 5.32 Å². The number of aryl methyl sites for hydroxylation is 1. The number of rotatable bonds is 1. The molecule has 1 amide bonds. The predicted molar refractivity (Wildman–Crippen MR) is 78.9 cm³/mol. The van der Waals surface area contributed by atoms with E-state index in [1.165, 1.54) is 11.1 Å². The van der Waals surface area contributed by atoms with E-state index in [0.717, 1.165) is 19.3 Å². The number of nitrogens with zero attached hydrogens (tertiary/aromatic N) is 1. The molecule has 0 heterocycles. The summed E-state index contributed by atoms with van der Waals surface area (Å²) in [6, 6.07) is 8.23. The maximum atomic E-state index is 11.9. The van der Waals surface area contributed by atoms with E-state index in [1.54, 1.807) is 0 Å². The molecular formula is C17H20N2O2. The number of alkyl carbamates (subject to hydrolysis) is 1. The first-order valence-electron chi connectivity index (χ1n) is 7.37. The van der Waals surface area contributed by atoms with Crippen LogP contribution in [0.2, 0.25) is 0 Å². The van der Waals surface area contributed by atoms with Crippen LogP contribution in [0, 0.1) is 11.3 Å². The van der Waals surface area contributed by atoms with Crippen LogP contribution in [0.4, 0.5) is 4.79 Å². The van der Waals surface area contributed by atoms with Crippen LogP contribution in [0.15, 0.2) is 18.2 Å². The van der Waals surface area contributed by atoms with Gasteiger partial charge in [0.15, 0.2) is 0 Å². The minimum Gasteiger partial charge on any atom is -0.444 e. The molecule has 3 rings (SSSR count). The smallest absolute Gasteiger partial charge is 0.407 e. The lowest BCUT2D eigenvalue weighted by Crippen LogP contribution is -2.36. The zero-order chi connectivity index (χ0) is 15.3. The third kappa shape index (κ3) is 2.49. The quantitative estimate of drug-likeness (QED) is 0.862. The van der Waals surface area contributed by atoms with Gasteiger partial charge in [-0.25, -0.2) is 4.79 Å². The summed E-state index contributed by atoms with van der Waals surface area (Å²) in [6.45, 7) is 5.58. The highest BCUT2D eigenvalue weighted by atomic mass is 16.6. The van der Waals surface area contributed by atoms with Crippen molar-refractivity contribution in [2.45, 2.75) is 57.1 Å². The molecule has 1 N–H and O–H groups in total. The predicted octanol–water partition coefficient (Wildman–Crippen LogP) is 3.04. The molecule has 0 bridgehead atoms. The molecule has 4 nitrogen and oxygen atoms in total. The number of benzene rings is 1. The average Bonchev–Trinajstić information content (AvgIpc) is 2.94. The normalized spacial score (nSPS) is 26.1. The number of carbonyl (C=O) groups excluding carboxylic acids is 1. The molecule has 21 heavy (non-hydrogen) atoms. The number of hydrogen-bond donors (Lipinski definition) is 1. The van der Waals surface area contributed by atoms with E-state index < -0.39 is 5.60 Å². The van der Waals surface area contributed by atoms with Crippen molar-refractivity contribution in [3.8, 4) is 6.07 Å². The summed E-state index contributed by atoms with van der Waals surface area (Å²) >= 11 is 0. The topological polar surface area (TPSA) is 62.1 Å². The third-order valence-electron chi connectivity index (χ3n) is 4.38. The molecule has 2 aliphatic rings. The lowest BCUT2D eigenvalue weighted by Gasteiger charge is -2.20. The zero-order valence-corrected chi connectivity index (χ0v) is 12.7. The molecule has 4 heteroatoms. The molecule has 0 aromatic heterocycles. The van der Waals surface area contributed by atoms with E-state index in [9.17, 15) is 4.79 Å². The SMILES string of the molecule is CC(C)(C)OC(=O)NC1CC12CCc1ccc(C#N)cc12. The highest BCUT2D eigenvalue weighted by molar-refractivity contribution is 5.70. The Kier molecular flexibility index (Phi) is 2.98. The minimum atomic E-state index is -0.478. The summed E-state index contributed by atoms with van der Waals surface area (Å²) < 4.78 is 5.32. The van der Waals surface area contributed by atoms with Crippen molar-refractivity contribution in [1.29, 1.82) is 5.26 Å². The Labute approximate surface area is 125 Å². The van der Waals surface area contributed by atoms with E-state index in [-0.39, 0.29) is 17.6 Å². The van der Waals surface area contributed by atoms with E-state index in [0.29, 0.717) is 5.56 Å². The van der Waals surface area contributed by atoms with Gasteiger partial charge in [0.2, 0.25) is 0 Å². The molecular weight excluding hydrogens is 264 g/mol. The number of nitriles is 1. The summed E-state index contributed by atoms with van der Waals surface area (Å²) in [5.41, 5.74) is 2.79. The molecule has 2 atom stereocenters. The van der Waals surface area contributed by atoms with Crippen LogP contribution in [0.5, 0.6) is 0 Å². The van der Waals surface area contributed by atoms with E-state index in [4.69, 9.17) is 10.00 Å². The Bertz CT molecular complexity index is 639. The Morgan fingerprint density at radius 2 is 2.24 bits per heavy atom. The van der Waals surface area contributed by atoms with E-state index >= 15 is 0 Å². The molecule has 0 aliphatic heterocycles. The molecule has 1 spiro atoms. The van der Waals surface area contributed by atoms with Gasteiger partial charge in [0.05, 0.1) is 11.6 Å². The lowest BCUT2D eigenvalue weighted by atomic mass is 9.96. The van der Waals surface area contributed by atoms with Gasteiger partial charge >= 0.3 is 6.09 Å². The van der Waals surface area contributed by atoms with Crippen LogP contribution in [0.1, 0.15) is 50.3 Å². The van der Waals surface area contributed by atoms with Gasteiger partial charge in [-0.1, -0.05) is 6.07 Å². The second-order valence-electron chi connectivity index (χ2n) is 7.04. The van der Waals surface area contributed by atoms with Gasteiger partial charge in [0.25, 0.3) is 0 Å². The minimum absolute atomic E-state index is 0.0269. The molecule has 1 aromatic rings. The Balaban J connectivity index is 1.74. The van der Waals surface area contributed by atoms with Crippen molar-refractivity contribution in [2.24, 2.45) is 0 Å². The summed E-state index contributed by atoms with van der Waals surface area (Å²) in [5.74, 6) is 0. The third-order valence-corrected chi connectivity index (χ3v) is 4.38. The fourth-order valence-corrected chi connectivity index (χ4v) is 3.34. The standard InChI is InChI=1S/C17H20N2O2/c1-16(2,3)21-15(20)19-14-9-17(14)7-6-12-5-4-11(10-18)8-13(12)17/h4-5,8,14H,6-7,9H2,1-3H3,(H,19,20). The van der Waals surface area contributed by atoms with Crippen LogP contribution in [0.25, 0.3) is 0 Å². The largest absolute Gasteiger partial charge is 0.444 e. The molecule has 110 valence electrons. The van der Waals surface area contributed by atoms with Gasteiger partial charge in [-0.15, -0.1) is 0 Å². The van der Waals surface area contributed by atoms with Crippen LogP contribution < -0.4 is 5.32 Å². The van der Waals surface area contributed by atoms with Crippen molar-refractivity contribution < 1.29 is 9.53 Å². The zero-order valence-electron chi connectivity index (χ0n) is 12.7. The summed E-state index contributed by atoms with van der Waals surface area (Å²) in [6.07, 6.45) is 2.65. The summed E-state index contributed by atoms with van der Waals surface area (Å²) in [5, 5.41) is 12.0. The number of ether oxygens (including phenoxy) is 1. The average molecular weight is 284 g/mol. The van der Waals surface area contributed by atoms with Crippen LogP contribution in [-0.2, 0) is 16.6 Å². The number of hydrogen-bond acceptors (Lipinski definition) is 3. The Hall–Kier alpha value is -2.02. The Morgan fingerprint density at radius 1 is 1.48 bits per heavy atom. The first-order valence-corrected chi connectivity index (χ1v) is 7.37. The number of amides is 1. The second kappa shape index (κ2) is 4.49. The van der Waals surface area contributed by atoms with E-state index in [2.05, 4.69) is 11.4 Å². The Morgan fingerprint density at radius 3 is 2.90 bits per heavy atom. The molecule has 1 aromatic carbocycles. The number of fused-ring (bicyclic) bond motifs is 2. The van der Waals surface area contributed by atoms with Gasteiger partial charge in [-0.05, 0) is 63.3 Å². The maximum absolute atomic E-state index is 11.9. The van der Waals surface area contributed by atoms with Gasteiger partial charge in [0.1, 0.15) is 5.60 Å². The van der Waals surface area contributed by atoms with Gasteiger partial charge in [-0.3, -0.25) is 0 Å². The first kappa shape index (κ1) is 13.9. The fourth-order valence-electron chi connectivity index (χ4n) is 3.34. The number of carbonyl (C=O) groups is 1. The van der Waals surface area contributed by atoms with Crippen LogP contribution >= 0.6 is 0 Å². The van der Waals surface area contributed by atoms with Crippen molar-refractivity contribution >= 4 is 6.09 Å². The summed E-state index contributed by atoms with van der Waals surface area (Å²) in [4.78, 5) is 11.9. The van der Waals surface area contributed by atoms with Gasteiger partial charge in [-0.2, -0.15) is 5.26 Å². The van der Waals surface area contributed by atoms with Gasteiger partial charge < -0.3 is 10.1 Å². The van der Waals surface area contributed by atoms with Crippen LogP contribution in [-0.4, -0.2) is 17.7 Å². The van der Waals surface area contributed by atoms with Crippen molar-refractivity contribution in [3.05, 3.63) is 34.9 Å². The highest BCUT2D eigenvalue weighted by Crippen LogP contribution is 2.57. The lowest BCUT2D eigenvalue weighted by molar-refractivity contribution is 0.0519. The maximum Gasteiger partial charge on any atom is 0.407 e. The second-order valence-corrected chi connectivity index (χ2v) is 7.04. The van der Waals surface area contributed by atoms with Crippen LogP contribution in [0.3, 0.4) is 0 Å². The number of nitrogens with one attached hydrogen (secondary N) is 1. The molecule has 0 saturated heterocycles. The molecule has 2 aliphatic carbocycles. The highest BCUT2D eigenvalue weighted by Gasteiger charge is 2.59. The van der Waals surface area contributed by atoms with E-state index in [1.807, 2.05) is 39.0 Å². The molecule has 2 unspecified atom stereocenters. The monoisotopic (exact) mass is 284 g/mol. The molecule has 1 saturated carbocycles. The summed E-state index contributed by atoms with van der Waals surface area (Å²) in [7, 11) is 0. The molecule has 1 fully saturated rings. The van der Waals surface area contributed by atoms with Gasteiger partial charge in [0, 0.05) is 11.5 Å². The van der Waals surface area contributed by atoms with Crippen molar-refractivity contribution in [2.75, 3.05) is 0 Å². The molecule has 0 radical (unpaired) electrons.